The molecule has 0 spiro atoms. The van der Waals surface area contributed by atoms with Crippen LogP contribution in [0.1, 0.15) is 0 Å². The van der Waals surface area contributed by atoms with Crippen LogP contribution in [0.4, 0.5) is 0 Å². The molecule has 0 amide bonds. The highest BCUT2D eigenvalue weighted by Crippen LogP contribution is 2.15. The van der Waals surface area contributed by atoms with Crippen molar-refractivity contribution in [1.29, 1.82) is 0 Å². The molecular weight excluding hydrogens is 226 g/mol. The minimum Gasteiger partial charge on any atom is -0.361 e. The van der Waals surface area contributed by atoms with Gasteiger partial charge in [-0.05, 0) is 12.1 Å². The molecule has 1 aromatic heterocycles. The second kappa shape index (κ2) is 4.22. The van der Waals surface area contributed by atoms with E-state index in [9.17, 15) is 9.59 Å². The molecule has 0 aliphatic carbocycles. The molecule has 2 aromatic rings. The van der Waals surface area contributed by atoms with E-state index in [0.717, 1.165) is 27.8 Å². The van der Waals surface area contributed by atoms with Gasteiger partial charge in [-0.1, -0.05) is 23.5 Å². The molecule has 0 saturated carbocycles. The third kappa shape index (κ3) is 1.84. The molecule has 6 heteroatoms. The largest absolute Gasteiger partial charge is 0.361 e. The van der Waals surface area contributed by atoms with Gasteiger partial charge in [0.05, 0.1) is 16.8 Å². The zero-order chi connectivity index (χ0) is 11.5. The Kier molecular flexibility index (Phi) is 2.76. The molecule has 0 bridgehead atoms. The van der Waals surface area contributed by atoms with E-state index in [1.165, 1.54) is 4.57 Å². The van der Waals surface area contributed by atoms with Gasteiger partial charge >= 0.3 is 11.1 Å². The number of ketones is 1. The average molecular weight is 233 g/mol. The Morgan fingerprint density at radius 3 is 3.00 bits per heavy atom. The molecule has 0 N–H and O–H groups in total. The van der Waals surface area contributed by atoms with Crippen LogP contribution in [-0.4, -0.2) is 21.4 Å². The van der Waals surface area contributed by atoms with E-state index in [0.29, 0.717) is 0 Å². The molecule has 80 valence electrons. The van der Waals surface area contributed by atoms with Crippen LogP contribution in [-0.2, 0) is 11.3 Å². The summed E-state index contributed by atoms with van der Waals surface area (Å²) in [6, 6.07) is 7.23. The monoisotopic (exact) mass is 233 g/mol. The first kappa shape index (κ1) is 10.5. The van der Waals surface area contributed by atoms with Crippen molar-refractivity contribution in [3.63, 3.8) is 0 Å². The van der Waals surface area contributed by atoms with Crippen LogP contribution in [0, 0.1) is 0 Å². The summed E-state index contributed by atoms with van der Waals surface area (Å²) < 4.78 is 2.20. The topological polar surface area (TPSA) is 75.5 Å². The molecule has 0 aliphatic rings. The van der Waals surface area contributed by atoms with Crippen molar-refractivity contribution in [2.24, 2.45) is 0 Å². The number of carbonyl (C=O) groups excluding carboxylic acids is 1. The Bertz CT molecular complexity index is 649. The highest BCUT2D eigenvalue weighted by atomic mass is 32.1. The van der Waals surface area contributed by atoms with Crippen LogP contribution in [0.2, 0.25) is 0 Å². The summed E-state index contributed by atoms with van der Waals surface area (Å²) in [4.78, 5) is 25.3. The lowest BCUT2D eigenvalue weighted by Gasteiger charge is -1.97. The van der Waals surface area contributed by atoms with E-state index >= 15 is 0 Å². The van der Waals surface area contributed by atoms with Gasteiger partial charge in [-0.2, -0.15) is 4.79 Å². The zero-order valence-electron chi connectivity index (χ0n) is 8.16. The van der Waals surface area contributed by atoms with Gasteiger partial charge in [-0.15, -0.1) is 0 Å². The number of nitrogens with zero attached hydrogens (tertiary/aromatic N) is 3. The average Bonchev–Trinajstić information content (AvgIpc) is 2.56. The fourth-order valence-electron chi connectivity index (χ4n) is 1.42. The number of fused-ring (bicyclic) bond motifs is 1. The maximum Gasteiger partial charge on any atom is 0.325 e. The van der Waals surface area contributed by atoms with Gasteiger partial charge in [0.25, 0.3) is 5.78 Å². The second-order valence-corrected chi connectivity index (χ2v) is 4.13. The molecule has 5 nitrogen and oxygen atoms in total. The second-order valence-electron chi connectivity index (χ2n) is 3.13. The van der Waals surface area contributed by atoms with Crippen LogP contribution in [0.3, 0.4) is 0 Å². The Morgan fingerprint density at radius 1 is 1.50 bits per heavy atom. The number of aromatic nitrogens is 1. The van der Waals surface area contributed by atoms with Crippen molar-refractivity contribution < 1.29 is 9.58 Å². The van der Waals surface area contributed by atoms with E-state index in [4.69, 9.17) is 5.53 Å². The number of carbonyl (C=O) groups is 1. The van der Waals surface area contributed by atoms with E-state index in [1.807, 2.05) is 12.1 Å². The van der Waals surface area contributed by atoms with Crippen LogP contribution in [0.25, 0.3) is 15.7 Å². The van der Waals surface area contributed by atoms with Crippen molar-refractivity contribution in [3.05, 3.63) is 39.5 Å². The molecule has 1 heterocycles. The lowest BCUT2D eigenvalue weighted by atomic mass is 10.3. The predicted octanol–water partition coefficient (Wildman–Crippen LogP) is 0.933. The van der Waals surface area contributed by atoms with Crippen molar-refractivity contribution in [3.8, 4) is 0 Å². The third-order valence-corrected chi connectivity index (χ3v) is 3.05. The first-order chi connectivity index (χ1) is 7.72. The molecular formula is C10H7N3O2S. The normalized spacial score (nSPS) is 10.0. The minimum absolute atomic E-state index is 0.104. The molecule has 0 fully saturated rings. The first-order valence-corrected chi connectivity index (χ1v) is 5.32. The Balaban J connectivity index is 2.51. The first-order valence-electron chi connectivity index (χ1n) is 4.51. The highest BCUT2D eigenvalue weighted by Gasteiger charge is 2.11. The van der Waals surface area contributed by atoms with Gasteiger partial charge in [-0.3, -0.25) is 14.2 Å². The smallest absolute Gasteiger partial charge is 0.325 e. The number of hydrogen-bond acceptors (Lipinski definition) is 3. The zero-order valence-corrected chi connectivity index (χ0v) is 8.98. The fourth-order valence-corrected chi connectivity index (χ4v) is 2.32. The van der Waals surface area contributed by atoms with E-state index in [1.54, 1.807) is 12.1 Å². The molecule has 0 radical (unpaired) electrons. The minimum atomic E-state index is -0.423. The quantitative estimate of drug-likeness (QED) is 0.449. The molecule has 16 heavy (non-hydrogen) atoms. The number of hydrogen-bond donors (Lipinski definition) is 0. The number of rotatable bonds is 3. The summed E-state index contributed by atoms with van der Waals surface area (Å²) in [6.45, 7) is -0.104. The lowest BCUT2D eigenvalue weighted by Crippen LogP contribution is -2.19. The SMILES string of the molecule is [N-]=[N+]=CC(=O)Cn1c(=O)sc2ccccc21. The number of thiazole rings is 1. The van der Waals surface area contributed by atoms with Crippen molar-refractivity contribution in [2.45, 2.75) is 6.54 Å². The highest BCUT2D eigenvalue weighted by molar-refractivity contribution is 7.16. The molecule has 1 aromatic carbocycles. The van der Waals surface area contributed by atoms with Crippen LogP contribution in [0.5, 0.6) is 0 Å². The Hall–Kier alpha value is -2.04. The molecule has 0 aliphatic heterocycles. The number of Topliss-reactive ketones (excluding diaryl/α,β-unsaturated/α-hetero) is 1. The van der Waals surface area contributed by atoms with Gasteiger partial charge in [0.15, 0.2) is 0 Å². The van der Waals surface area contributed by atoms with Crippen LogP contribution >= 0.6 is 11.3 Å². The summed E-state index contributed by atoms with van der Waals surface area (Å²) in [5.41, 5.74) is 8.93. The number of para-hydroxylation sites is 1. The van der Waals surface area contributed by atoms with Gasteiger partial charge < -0.3 is 5.53 Å². The standard InChI is InChI=1S/C10H7N3O2S/c11-12-5-7(14)6-13-8-3-1-2-4-9(8)16-10(13)15/h1-5H,6H2. The number of benzene rings is 1. The third-order valence-electron chi connectivity index (χ3n) is 2.09. The van der Waals surface area contributed by atoms with Crippen molar-refractivity contribution in [1.82, 2.24) is 4.57 Å². The summed E-state index contributed by atoms with van der Waals surface area (Å²) >= 11 is 1.09. The summed E-state index contributed by atoms with van der Waals surface area (Å²) in [7, 11) is 0. The lowest BCUT2D eigenvalue weighted by molar-refractivity contribution is -0.116. The molecule has 0 saturated heterocycles. The Labute approximate surface area is 94.2 Å². The van der Waals surface area contributed by atoms with E-state index in [-0.39, 0.29) is 11.4 Å². The van der Waals surface area contributed by atoms with E-state index in [2.05, 4.69) is 4.79 Å². The maximum atomic E-state index is 11.6. The summed E-state index contributed by atoms with van der Waals surface area (Å²) in [5, 5.41) is 0. The van der Waals surface area contributed by atoms with Gasteiger partial charge in [0, 0.05) is 0 Å². The fraction of sp³-hybridized carbons (Fsp3) is 0.100. The van der Waals surface area contributed by atoms with Gasteiger partial charge in [0.1, 0.15) is 0 Å². The molecule has 0 unspecified atom stereocenters. The van der Waals surface area contributed by atoms with Gasteiger partial charge in [-0.25, -0.2) is 0 Å². The van der Waals surface area contributed by atoms with E-state index < -0.39 is 5.78 Å². The molecule has 0 atom stereocenters. The summed E-state index contributed by atoms with van der Waals surface area (Å²) in [5.74, 6) is -0.423. The van der Waals surface area contributed by atoms with Crippen molar-refractivity contribution >= 4 is 33.6 Å². The summed E-state index contributed by atoms with van der Waals surface area (Å²) in [6.07, 6.45) is 0.791. The van der Waals surface area contributed by atoms with Crippen LogP contribution < -0.4 is 4.87 Å². The van der Waals surface area contributed by atoms with Gasteiger partial charge in [0.2, 0.25) is 0 Å². The van der Waals surface area contributed by atoms with Crippen molar-refractivity contribution in [2.75, 3.05) is 0 Å². The predicted molar refractivity (Wildman–Crippen MR) is 60.8 cm³/mol. The maximum absolute atomic E-state index is 11.6. The van der Waals surface area contributed by atoms with Crippen LogP contribution in [0.15, 0.2) is 29.1 Å². The molecule has 2 rings (SSSR count). The Morgan fingerprint density at radius 2 is 2.25 bits per heavy atom.